The lowest BCUT2D eigenvalue weighted by molar-refractivity contribution is 0.842. The first kappa shape index (κ1) is 10.8. The van der Waals surface area contributed by atoms with Gasteiger partial charge in [-0.1, -0.05) is 6.07 Å². The summed E-state index contributed by atoms with van der Waals surface area (Å²) in [7, 11) is 0. The van der Waals surface area contributed by atoms with Gasteiger partial charge in [-0.25, -0.2) is 4.98 Å². The Labute approximate surface area is 108 Å². The molecule has 88 valence electrons. The predicted molar refractivity (Wildman–Crippen MR) is 72.3 cm³/mol. The lowest BCUT2D eigenvalue weighted by Crippen LogP contribution is -2.03. The highest BCUT2D eigenvalue weighted by molar-refractivity contribution is 7.07. The Morgan fingerprint density at radius 2 is 2.28 bits per heavy atom. The Kier molecular flexibility index (Phi) is 2.50. The number of nitriles is 1. The van der Waals surface area contributed by atoms with Crippen LogP contribution in [0, 0.1) is 11.3 Å². The lowest BCUT2D eigenvalue weighted by Gasteiger charge is -2.04. The Bertz CT molecular complexity index is 734. The van der Waals surface area contributed by atoms with Gasteiger partial charge in [0.15, 0.2) is 0 Å². The molecule has 0 atom stereocenters. The third-order valence-corrected chi connectivity index (χ3v) is 3.58. The lowest BCUT2D eigenvalue weighted by atomic mass is 10.2. The molecule has 0 radical (unpaired) electrons. The average molecular weight is 254 g/mol. The summed E-state index contributed by atoms with van der Waals surface area (Å²) in [5, 5.41) is 13.2. The fraction of sp³-hybridized carbons (Fsp3) is 0.0769. The minimum atomic E-state index is 0.443. The van der Waals surface area contributed by atoms with Crippen LogP contribution in [-0.4, -0.2) is 9.55 Å². The van der Waals surface area contributed by atoms with Gasteiger partial charge in [-0.15, -0.1) is 0 Å². The molecule has 0 aliphatic rings. The minimum Gasteiger partial charge on any atom is -0.369 e. The maximum atomic E-state index is 9.05. The van der Waals surface area contributed by atoms with E-state index in [1.165, 1.54) is 5.56 Å². The number of para-hydroxylation sites is 1. The molecule has 0 aliphatic heterocycles. The van der Waals surface area contributed by atoms with E-state index >= 15 is 0 Å². The average Bonchev–Trinajstić information content (AvgIpc) is 2.99. The Hall–Kier alpha value is -2.32. The van der Waals surface area contributed by atoms with Gasteiger partial charge in [-0.05, 0) is 34.5 Å². The monoisotopic (exact) mass is 254 g/mol. The fourth-order valence-corrected chi connectivity index (χ4v) is 2.65. The number of thiophene rings is 1. The highest BCUT2D eigenvalue weighted by Gasteiger charge is 2.11. The van der Waals surface area contributed by atoms with Crippen LogP contribution in [0.5, 0.6) is 0 Å². The van der Waals surface area contributed by atoms with E-state index in [1.54, 1.807) is 17.4 Å². The zero-order valence-corrected chi connectivity index (χ0v) is 10.3. The van der Waals surface area contributed by atoms with Crippen LogP contribution in [0.25, 0.3) is 11.0 Å². The summed E-state index contributed by atoms with van der Waals surface area (Å²) in [5.41, 5.74) is 9.26. The first-order chi connectivity index (χ1) is 8.79. The molecule has 0 spiro atoms. The zero-order chi connectivity index (χ0) is 12.5. The molecule has 2 heterocycles. The van der Waals surface area contributed by atoms with Crippen LogP contribution in [0.15, 0.2) is 35.0 Å². The van der Waals surface area contributed by atoms with Gasteiger partial charge in [0.2, 0.25) is 5.95 Å². The summed E-state index contributed by atoms with van der Waals surface area (Å²) in [6, 6.07) is 9.74. The van der Waals surface area contributed by atoms with Crippen LogP contribution in [0.4, 0.5) is 5.95 Å². The molecular weight excluding hydrogens is 244 g/mol. The largest absolute Gasteiger partial charge is 0.369 e. The van der Waals surface area contributed by atoms with Crippen molar-refractivity contribution in [2.45, 2.75) is 6.54 Å². The number of rotatable bonds is 2. The van der Waals surface area contributed by atoms with Crippen LogP contribution < -0.4 is 5.73 Å². The molecule has 5 heteroatoms. The molecule has 0 saturated carbocycles. The number of aromatic nitrogens is 2. The Morgan fingerprint density at radius 1 is 1.39 bits per heavy atom. The van der Waals surface area contributed by atoms with Crippen molar-refractivity contribution < 1.29 is 0 Å². The van der Waals surface area contributed by atoms with E-state index in [1.807, 2.05) is 22.1 Å². The van der Waals surface area contributed by atoms with Crippen molar-refractivity contribution in [3.05, 3.63) is 46.2 Å². The van der Waals surface area contributed by atoms with Gasteiger partial charge in [0, 0.05) is 0 Å². The maximum Gasteiger partial charge on any atom is 0.201 e. The first-order valence-corrected chi connectivity index (χ1v) is 6.40. The van der Waals surface area contributed by atoms with E-state index in [-0.39, 0.29) is 0 Å². The normalized spacial score (nSPS) is 10.6. The summed E-state index contributed by atoms with van der Waals surface area (Å²) in [5.74, 6) is 0.443. The topological polar surface area (TPSA) is 67.6 Å². The standard InChI is InChI=1S/C13H10N4S/c14-6-10-2-1-3-11-12(10)16-13(15)17(11)7-9-4-5-18-8-9/h1-5,8H,7H2,(H2,15,16). The third-order valence-electron chi connectivity index (χ3n) is 2.85. The van der Waals surface area contributed by atoms with E-state index < -0.39 is 0 Å². The molecule has 4 nitrogen and oxygen atoms in total. The molecule has 3 aromatic rings. The SMILES string of the molecule is N#Cc1cccc2c1nc(N)n2Cc1ccsc1. The third kappa shape index (κ3) is 1.63. The molecule has 2 N–H and O–H groups in total. The van der Waals surface area contributed by atoms with Crippen molar-refractivity contribution in [1.29, 1.82) is 5.26 Å². The molecule has 0 fully saturated rings. The van der Waals surface area contributed by atoms with E-state index in [0.717, 1.165) is 5.52 Å². The summed E-state index contributed by atoms with van der Waals surface area (Å²) < 4.78 is 1.93. The van der Waals surface area contributed by atoms with Crippen molar-refractivity contribution in [3.8, 4) is 6.07 Å². The van der Waals surface area contributed by atoms with E-state index in [4.69, 9.17) is 11.0 Å². The number of anilines is 1. The molecule has 2 aromatic heterocycles. The summed E-state index contributed by atoms with van der Waals surface area (Å²) in [6.45, 7) is 0.681. The summed E-state index contributed by atoms with van der Waals surface area (Å²) in [6.07, 6.45) is 0. The van der Waals surface area contributed by atoms with Gasteiger partial charge in [0.1, 0.15) is 11.6 Å². The minimum absolute atomic E-state index is 0.443. The van der Waals surface area contributed by atoms with Crippen LogP contribution >= 0.6 is 11.3 Å². The Morgan fingerprint density at radius 3 is 3.00 bits per heavy atom. The first-order valence-electron chi connectivity index (χ1n) is 5.45. The Balaban J connectivity index is 2.18. The molecule has 0 saturated heterocycles. The number of imidazole rings is 1. The van der Waals surface area contributed by atoms with E-state index in [9.17, 15) is 0 Å². The van der Waals surface area contributed by atoms with Gasteiger partial charge in [0.05, 0.1) is 17.6 Å². The molecule has 0 aliphatic carbocycles. The maximum absolute atomic E-state index is 9.05. The van der Waals surface area contributed by atoms with E-state index in [0.29, 0.717) is 23.6 Å². The second-order valence-corrected chi connectivity index (χ2v) is 4.75. The highest BCUT2D eigenvalue weighted by atomic mass is 32.1. The number of nitrogen functional groups attached to an aromatic ring is 1. The van der Waals surface area contributed by atoms with Crippen LogP contribution in [-0.2, 0) is 6.54 Å². The number of fused-ring (bicyclic) bond motifs is 1. The number of benzene rings is 1. The fourth-order valence-electron chi connectivity index (χ4n) is 1.99. The second kappa shape index (κ2) is 4.17. The highest BCUT2D eigenvalue weighted by Crippen LogP contribution is 2.22. The summed E-state index contributed by atoms with van der Waals surface area (Å²) in [4.78, 5) is 4.29. The van der Waals surface area contributed by atoms with E-state index in [2.05, 4.69) is 22.5 Å². The van der Waals surface area contributed by atoms with Gasteiger partial charge in [-0.2, -0.15) is 16.6 Å². The van der Waals surface area contributed by atoms with Crippen molar-refractivity contribution >= 4 is 28.3 Å². The molecule has 0 unspecified atom stereocenters. The molecule has 18 heavy (non-hydrogen) atoms. The number of nitrogens with two attached hydrogens (primary N) is 1. The summed E-state index contributed by atoms with van der Waals surface area (Å²) >= 11 is 1.65. The quantitative estimate of drug-likeness (QED) is 0.764. The van der Waals surface area contributed by atoms with Gasteiger partial charge in [0.25, 0.3) is 0 Å². The van der Waals surface area contributed by atoms with Gasteiger partial charge < -0.3 is 10.3 Å². The van der Waals surface area contributed by atoms with Crippen molar-refractivity contribution in [2.24, 2.45) is 0 Å². The van der Waals surface area contributed by atoms with Gasteiger partial charge in [-0.3, -0.25) is 0 Å². The van der Waals surface area contributed by atoms with Crippen LogP contribution in [0.3, 0.4) is 0 Å². The molecule has 0 amide bonds. The number of hydrogen-bond acceptors (Lipinski definition) is 4. The molecular formula is C13H10N4S. The molecule has 0 bridgehead atoms. The predicted octanol–water partition coefficient (Wildman–Crippen LogP) is 2.60. The zero-order valence-electron chi connectivity index (χ0n) is 9.50. The van der Waals surface area contributed by atoms with Crippen LogP contribution in [0.2, 0.25) is 0 Å². The smallest absolute Gasteiger partial charge is 0.201 e. The van der Waals surface area contributed by atoms with Crippen molar-refractivity contribution in [1.82, 2.24) is 9.55 Å². The number of hydrogen-bond donors (Lipinski definition) is 1. The number of nitrogens with zero attached hydrogens (tertiary/aromatic N) is 3. The van der Waals surface area contributed by atoms with Crippen molar-refractivity contribution in [3.63, 3.8) is 0 Å². The molecule has 3 rings (SSSR count). The van der Waals surface area contributed by atoms with Crippen molar-refractivity contribution in [2.75, 3.05) is 5.73 Å². The van der Waals surface area contributed by atoms with Crippen LogP contribution in [0.1, 0.15) is 11.1 Å². The second-order valence-electron chi connectivity index (χ2n) is 3.97. The molecule has 1 aromatic carbocycles. The van der Waals surface area contributed by atoms with Gasteiger partial charge >= 0.3 is 0 Å².